The molecule has 0 bridgehead atoms. The maximum absolute atomic E-state index is 13.0. The molecule has 2 N–H and O–H groups in total. The van der Waals surface area contributed by atoms with Crippen molar-refractivity contribution in [2.45, 2.75) is 36.8 Å². The number of benzene rings is 1. The number of sulfonamides is 1. The lowest BCUT2D eigenvalue weighted by atomic mass is 9.76. The highest BCUT2D eigenvalue weighted by Crippen LogP contribution is 2.39. The Bertz CT molecular complexity index is 857. The number of aliphatic hydroxyl groups excluding tert-OH is 1. The number of hydrogen-bond donors (Lipinski definition) is 2. The maximum Gasteiger partial charge on any atom is 0.244 e. The Morgan fingerprint density at radius 1 is 1.40 bits per heavy atom. The number of nitrogens with zero attached hydrogens (tertiary/aromatic N) is 2. The van der Waals surface area contributed by atoms with Crippen LogP contribution < -0.4 is 9.46 Å². The lowest BCUT2D eigenvalue weighted by Gasteiger charge is -2.37. The highest BCUT2D eigenvalue weighted by Gasteiger charge is 2.38. The molecule has 0 aliphatic heterocycles. The molecule has 0 spiro atoms. The molecule has 25 heavy (non-hydrogen) atoms. The van der Waals surface area contributed by atoms with E-state index in [4.69, 9.17) is 4.74 Å². The molecule has 0 amide bonds. The lowest BCUT2D eigenvalue weighted by molar-refractivity contribution is 0.0280. The maximum atomic E-state index is 13.0. The summed E-state index contributed by atoms with van der Waals surface area (Å²) in [5.74, 6) is 0.344. The van der Waals surface area contributed by atoms with Gasteiger partial charge < -0.3 is 9.84 Å². The van der Waals surface area contributed by atoms with E-state index in [1.807, 2.05) is 6.92 Å². The first-order valence-corrected chi connectivity index (χ1v) is 9.62. The SMILES string of the molecule is COc1cc(C)ccc1S(=O)(=O)N[C@@H](c1cnn(C)c1)C1CC(O)C1. The van der Waals surface area contributed by atoms with Crippen molar-refractivity contribution in [3.63, 3.8) is 0 Å². The summed E-state index contributed by atoms with van der Waals surface area (Å²) in [5, 5.41) is 13.8. The van der Waals surface area contributed by atoms with Crippen LogP contribution in [0.25, 0.3) is 0 Å². The minimum atomic E-state index is -3.79. The van der Waals surface area contributed by atoms with Gasteiger partial charge in [0.1, 0.15) is 10.6 Å². The molecule has 1 saturated carbocycles. The monoisotopic (exact) mass is 365 g/mol. The fraction of sp³-hybridized carbons (Fsp3) is 0.471. The predicted molar refractivity (Wildman–Crippen MR) is 92.7 cm³/mol. The van der Waals surface area contributed by atoms with E-state index in [2.05, 4.69) is 9.82 Å². The van der Waals surface area contributed by atoms with Gasteiger partial charge in [-0.25, -0.2) is 13.1 Å². The normalized spacial score (nSPS) is 21.6. The van der Waals surface area contributed by atoms with Crippen molar-refractivity contribution in [2.75, 3.05) is 7.11 Å². The van der Waals surface area contributed by atoms with Crippen molar-refractivity contribution in [3.05, 3.63) is 41.7 Å². The number of hydrogen-bond acceptors (Lipinski definition) is 5. The first-order chi connectivity index (χ1) is 11.8. The molecule has 0 unspecified atom stereocenters. The molecule has 0 saturated heterocycles. The summed E-state index contributed by atoms with van der Waals surface area (Å²) >= 11 is 0. The van der Waals surface area contributed by atoms with Crippen molar-refractivity contribution in [2.24, 2.45) is 13.0 Å². The lowest BCUT2D eigenvalue weighted by Crippen LogP contribution is -2.41. The van der Waals surface area contributed by atoms with Gasteiger partial charge in [0.05, 0.1) is 25.5 Å². The van der Waals surface area contributed by atoms with E-state index >= 15 is 0 Å². The van der Waals surface area contributed by atoms with Crippen LogP contribution in [0.3, 0.4) is 0 Å². The highest BCUT2D eigenvalue weighted by molar-refractivity contribution is 7.89. The quantitative estimate of drug-likeness (QED) is 0.810. The van der Waals surface area contributed by atoms with Crippen molar-refractivity contribution < 1.29 is 18.3 Å². The third-order valence-corrected chi connectivity index (χ3v) is 6.08. The first kappa shape index (κ1) is 17.9. The van der Waals surface area contributed by atoms with Gasteiger partial charge in [-0.15, -0.1) is 0 Å². The van der Waals surface area contributed by atoms with E-state index in [1.54, 1.807) is 42.3 Å². The molecule has 1 aromatic carbocycles. The van der Waals surface area contributed by atoms with E-state index in [1.165, 1.54) is 7.11 Å². The van der Waals surface area contributed by atoms with Crippen LogP contribution in [0.15, 0.2) is 35.5 Å². The second-order valence-corrected chi connectivity index (χ2v) is 8.27. The number of aromatic nitrogens is 2. The van der Waals surface area contributed by atoms with Crippen LogP contribution in [0.2, 0.25) is 0 Å². The van der Waals surface area contributed by atoms with Crippen LogP contribution in [0, 0.1) is 12.8 Å². The fourth-order valence-electron chi connectivity index (χ4n) is 3.17. The number of aryl methyl sites for hydroxylation is 2. The summed E-state index contributed by atoms with van der Waals surface area (Å²) in [4.78, 5) is 0.106. The van der Waals surface area contributed by atoms with Gasteiger partial charge in [-0.2, -0.15) is 5.10 Å². The molecule has 2 aromatic rings. The zero-order chi connectivity index (χ0) is 18.2. The smallest absolute Gasteiger partial charge is 0.244 e. The number of ether oxygens (including phenoxy) is 1. The second kappa shape index (κ2) is 6.78. The van der Waals surface area contributed by atoms with Gasteiger partial charge in [-0.05, 0) is 43.4 Å². The van der Waals surface area contributed by atoms with E-state index in [0.717, 1.165) is 11.1 Å². The highest BCUT2D eigenvalue weighted by atomic mass is 32.2. The Hall–Kier alpha value is -1.90. The Balaban J connectivity index is 1.93. The zero-order valence-corrected chi connectivity index (χ0v) is 15.3. The molecule has 0 radical (unpaired) electrons. The third kappa shape index (κ3) is 3.70. The summed E-state index contributed by atoms with van der Waals surface area (Å²) in [6.45, 7) is 1.88. The van der Waals surface area contributed by atoms with Crippen LogP contribution in [0.4, 0.5) is 0 Å². The van der Waals surface area contributed by atoms with E-state index < -0.39 is 16.1 Å². The van der Waals surface area contributed by atoms with E-state index in [9.17, 15) is 13.5 Å². The topological polar surface area (TPSA) is 93.5 Å². The molecular weight excluding hydrogens is 342 g/mol. The van der Waals surface area contributed by atoms with Gasteiger partial charge in [0.2, 0.25) is 10.0 Å². The standard InChI is InChI=1S/C17H23N3O4S/c1-11-4-5-16(15(6-11)24-3)25(22,23)19-17(12-7-14(21)8-12)13-9-18-20(2)10-13/h4-6,9-10,12,14,17,19,21H,7-8H2,1-3H3/t12?,14?,17-/m1/s1. The Labute approximate surface area is 147 Å². The Morgan fingerprint density at radius 2 is 2.12 bits per heavy atom. The molecule has 8 heteroatoms. The van der Waals surface area contributed by atoms with Crippen LogP contribution in [-0.2, 0) is 17.1 Å². The molecule has 1 aromatic heterocycles. The minimum absolute atomic E-state index is 0.0328. The van der Waals surface area contributed by atoms with Gasteiger partial charge >= 0.3 is 0 Å². The van der Waals surface area contributed by atoms with Gasteiger partial charge in [0.15, 0.2) is 0 Å². The zero-order valence-electron chi connectivity index (χ0n) is 14.5. The molecule has 1 aliphatic rings. The van der Waals surface area contributed by atoms with Crippen molar-refractivity contribution in [1.82, 2.24) is 14.5 Å². The Kier molecular flexibility index (Phi) is 4.86. The fourth-order valence-corrected chi connectivity index (χ4v) is 4.61. The average molecular weight is 365 g/mol. The van der Waals surface area contributed by atoms with E-state index in [-0.39, 0.29) is 16.9 Å². The number of methoxy groups -OCH3 is 1. The molecule has 1 fully saturated rings. The number of aliphatic hydroxyl groups is 1. The first-order valence-electron chi connectivity index (χ1n) is 8.13. The second-order valence-electron chi connectivity index (χ2n) is 6.59. The molecular formula is C17H23N3O4S. The summed E-state index contributed by atoms with van der Waals surface area (Å²) < 4.78 is 35.6. The van der Waals surface area contributed by atoms with Gasteiger partial charge in [-0.1, -0.05) is 6.07 Å². The van der Waals surface area contributed by atoms with Crippen LogP contribution in [0.5, 0.6) is 5.75 Å². The molecule has 1 heterocycles. The van der Waals surface area contributed by atoms with Gasteiger partial charge in [0.25, 0.3) is 0 Å². The molecule has 1 aliphatic carbocycles. The van der Waals surface area contributed by atoms with Crippen LogP contribution >= 0.6 is 0 Å². The summed E-state index contributed by atoms with van der Waals surface area (Å²) in [6.07, 6.45) is 4.21. The largest absolute Gasteiger partial charge is 0.495 e. The third-order valence-electron chi connectivity index (χ3n) is 4.60. The minimum Gasteiger partial charge on any atom is -0.495 e. The van der Waals surface area contributed by atoms with Crippen LogP contribution in [-0.4, -0.2) is 36.5 Å². The summed E-state index contributed by atoms with van der Waals surface area (Å²) in [7, 11) is -0.552. The number of rotatable bonds is 6. The molecule has 1 atom stereocenters. The van der Waals surface area contributed by atoms with Crippen LogP contribution in [0.1, 0.15) is 30.0 Å². The van der Waals surface area contributed by atoms with E-state index in [0.29, 0.717) is 18.6 Å². The predicted octanol–water partition coefficient (Wildman–Crippen LogP) is 1.53. The molecule has 136 valence electrons. The Morgan fingerprint density at radius 3 is 2.68 bits per heavy atom. The number of nitrogens with one attached hydrogen (secondary N) is 1. The summed E-state index contributed by atoms with van der Waals surface area (Å²) in [6, 6.07) is 4.55. The van der Waals surface area contributed by atoms with Crippen molar-refractivity contribution in [3.8, 4) is 5.75 Å². The molecule has 3 rings (SSSR count). The molecule has 7 nitrogen and oxygen atoms in total. The summed E-state index contributed by atoms with van der Waals surface area (Å²) in [5.41, 5.74) is 1.70. The van der Waals surface area contributed by atoms with Crippen molar-refractivity contribution >= 4 is 10.0 Å². The van der Waals surface area contributed by atoms with Crippen molar-refractivity contribution in [1.29, 1.82) is 0 Å². The van der Waals surface area contributed by atoms with Gasteiger partial charge in [-0.3, -0.25) is 4.68 Å². The van der Waals surface area contributed by atoms with Gasteiger partial charge in [0, 0.05) is 18.8 Å². The average Bonchev–Trinajstić information content (AvgIpc) is 2.96.